The van der Waals surface area contributed by atoms with Gasteiger partial charge in [-0.2, -0.15) is 0 Å². The highest BCUT2D eigenvalue weighted by atomic mass is 16.8. The SMILES string of the molecule is COC(=O)[C@@]1([C@@H](C[NH+]([O-])O)c2ccco2)C(=O)NC[C@H]1c1ccc(C)cc1. The highest BCUT2D eigenvalue weighted by Crippen LogP contribution is 2.50. The van der Waals surface area contributed by atoms with Gasteiger partial charge in [-0.25, -0.2) is 10.4 Å². The number of rotatable bonds is 6. The second-order valence-corrected chi connectivity index (χ2v) is 6.70. The second-order valence-electron chi connectivity index (χ2n) is 6.70. The molecule has 2 aromatic rings. The number of ether oxygens (including phenoxy) is 1. The number of hydrogen-bond donors (Lipinski definition) is 3. The first-order valence-corrected chi connectivity index (χ1v) is 8.59. The Morgan fingerprint density at radius 1 is 1.44 bits per heavy atom. The summed E-state index contributed by atoms with van der Waals surface area (Å²) in [5.41, 5.74) is 0.0550. The number of nitrogens with one attached hydrogen (secondary N) is 2. The van der Waals surface area contributed by atoms with E-state index in [1.807, 2.05) is 31.2 Å². The molecule has 2 heterocycles. The van der Waals surface area contributed by atoms with Crippen molar-refractivity contribution in [1.82, 2.24) is 5.32 Å². The third-order valence-corrected chi connectivity index (χ3v) is 5.21. The summed E-state index contributed by atoms with van der Waals surface area (Å²) in [4.78, 5) is 26.0. The first kappa shape index (κ1) is 19.1. The number of quaternary nitrogens is 1. The smallest absolute Gasteiger partial charge is 0.323 e. The zero-order valence-corrected chi connectivity index (χ0v) is 15.1. The third kappa shape index (κ3) is 3.23. The molecule has 8 nitrogen and oxygen atoms in total. The molecule has 8 heteroatoms. The van der Waals surface area contributed by atoms with Crippen LogP contribution in [0.5, 0.6) is 0 Å². The minimum absolute atomic E-state index is 0.202. The first-order chi connectivity index (χ1) is 12.9. The van der Waals surface area contributed by atoms with Crippen LogP contribution in [0.3, 0.4) is 0 Å². The molecule has 1 aromatic carbocycles. The van der Waals surface area contributed by atoms with Crippen molar-refractivity contribution in [3.63, 3.8) is 0 Å². The second kappa shape index (κ2) is 7.51. The molecule has 0 bridgehead atoms. The van der Waals surface area contributed by atoms with Crippen LogP contribution >= 0.6 is 0 Å². The van der Waals surface area contributed by atoms with E-state index in [1.165, 1.54) is 13.4 Å². The summed E-state index contributed by atoms with van der Waals surface area (Å²) >= 11 is 0. The number of methoxy groups -OCH3 is 1. The van der Waals surface area contributed by atoms with E-state index < -0.39 is 40.9 Å². The number of carbonyl (C=O) groups excluding carboxylic acids is 2. The minimum atomic E-state index is -1.74. The molecule has 1 fully saturated rings. The third-order valence-electron chi connectivity index (χ3n) is 5.21. The molecule has 1 aliphatic rings. The van der Waals surface area contributed by atoms with E-state index in [4.69, 9.17) is 9.15 Å². The van der Waals surface area contributed by atoms with Crippen molar-refractivity contribution in [1.29, 1.82) is 0 Å². The molecule has 27 heavy (non-hydrogen) atoms. The lowest BCUT2D eigenvalue weighted by atomic mass is 9.64. The minimum Gasteiger partial charge on any atom is -0.600 e. The maximum Gasteiger partial charge on any atom is 0.323 e. The molecule has 1 saturated heterocycles. The van der Waals surface area contributed by atoms with E-state index in [-0.39, 0.29) is 12.3 Å². The van der Waals surface area contributed by atoms with Gasteiger partial charge in [-0.1, -0.05) is 29.8 Å². The zero-order chi connectivity index (χ0) is 19.6. The van der Waals surface area contributed by atoms with Crippen molar-refractivity contribution in [3.8, 4) is 0 Å². The van der Waals surface area contributed by atoms with Crippen molar-refractivity contribution < 1.29 is 29.2 Å². The number of amides is 1. The highest BCUT2D eigenvalue weighted by molar-refractivity contribution is 6.06. The number of esters is 1. The van der Waals surface area contributed by atoms with Gasteiger partial charge in [0, 0.05) is 12.5 Å². The predicted molar refractivity (Wildman–Crippen MR) is 93.8 cm³/mol. The Morgan fingerprint density at radius 3 is 2.70 bits per heavy atom. The van der Waals surface area contributed by atoms with Crippen LogP contribution in [-0.4, -0.2) is 37.3 Å². The Hall–Kier alpha value is -2.68. The number of carbonyl (C=O) groups is 2. The molecule has 0 radical (unpaired) electrons. The molecule has 0 aliphatic carbocycles. The number of hydroxylamine groups is 2. The summed E-state index contributed by atoms with van der Waals surface area (Å²) in [7, 11) is 1.20. The van der Waals surface area contributed by atoms with Crippen LogP contribution in [0.1, 0.15) is 28.7 Å². The summed E-state index contributed by atoms with van der Waals surface area (Å²) < 4.78 is 10.4. The summed E-state index contributed by atoms with van der Waals surface area (Å²) in [6.45, 7) is 1.69. The number of aryl methyl sites for hydroxylation is 1. The molecular weight excluding hydrogens is 352 g/mol. The van der Waals surface area contributed by atoms with E-state index in [0.717, 1.165) is 11.1 Å². The Labute approximate surface area is 156 Å². The molecule has 1 aromatic heterocycles. The molecule has 0 saturated carbocycles. The predicted octanol–water partition coefficient (Wildman–Crippen LogP) is 0.517. The number of furan rings is 1. The van der Waals surface area contributed by atoms with E-state index >= 15 is 0 Å². The van der Waals surface area contributed by atoms with Gasteiger partial charge in [0.05, 0.1) is 19.3 Å². The van der Waals surface area contributed by atoms with Gasteiger partial charge >= 0.3 is 5.97 Å². The molecular formula is C19H22N2O6. The summed E-state index contributed by atoms with van der Waals surface area (Å²) in [5.74, 6) is -2.66. The van der Waals surface area contributed by atoms with Gasteiger partial charge in [-0.05, 0) is 24.6 Å². The van der Waals surface area contributed by atoms with E-state index in [9.17, 15) is 20.0 Å². The topological polar surface area (TPSA) is 116 Å². The molecule has 4 atom stereocenters. The fourth-order valence-electron chi connectivity index (χ4n) is 3.94. The summed E-state index contributed by atoms with van der Waals surface area (Å²) in [6, 6.07) is 10.6. The Balaban J connectivity index is 2.20. The lowest BCUT2D eigenvalue weighted by Gasteiger charge is -2.36. The van der Waals surface area contributed by atoms with Crippen molar-refractivity contribution in [2.45, 2.75) is 18.8 Å². The standard InChI is InChI=1S/C19H22N2O6/c1-12-5-7-13(8-6-12)14-10-20-17(22)19(14,18(23)26-2)15(11-21(24)25)16-4-3-9-27-16/h3-9,14-15,21,24H,10-11H2,1-2H3,(H,20,22)/t14-,15-,19-/m0/s1. The molecule has 3 N–H and O–H groups in total. The molecule has 1 unspecified atom stereocenters. The van der Waals surface area contributed by atoms with Crippen molar-refractivity contribution in [2.75, 3.05) is 20.2 Å². The average Bonchev–Trinajstić information content (AvgIpc) is 3.28. The Morgan fingerprint density at radius 2 is 2.15 bits per heavy atom. The van der Waals surface area contributed by atoms with Gasteiger partial charge in [0.2, 0.25) is 5.91 Å². The average molecular weight is 374 g/mol. The lowest BCUT2D eigenvalue weighted by Crippen LogP contribution is -3.05. The van der Waals surface area contributed by atoms with Gasteiger partial charge in [-0.15, -0.1) is 0 Å². The van der Waals surface area contributed by atoms with Crippen LogP contribution in [0.2, 0.25) is 0 Å². The maximum absolute atomic E-state index is 13.0. The first-order valence-electron chi connectivity index (χ1n) is 8.59. The quantitative estimate of drug-likeness (QED) is 0.386. The van der Waals surface area contributed by atoms with Crippen LogP contribution in [0.25, 0.3) is 0 Å². The van der Waals surface area contributed by atoms with E-state index in [0.29, 0.717) is 0 Å². The summed E-state index contributed by atoms with van der Waals surface area (Å²) in [6.07, 6.45) is 1.39. The van der Waals surface area contributed by atoms with Gasteiger partial charge in [0.25, 0.3) is 0 Å². The highest BCUT2D eigenvalue weighted by Gasteiger charge is 2.64. The van der Waals surface area contributed by atoms with Crippen LogP contribution < -0.4 is 10.5 Å². The van der Waals surface area contributed by atoms with Gasteiger partial charge in [0.15, 0.2) is 5.41 Å². The van der Waals surface area contributed by atoms with Crippen LogP contribution in [-0.2, 0) is 14.3 Å². The summed E-state index contributed by atoms with van der Waals surface area (Å²) in [5, 5.41) is 22.6. The molecule has 1 aliphatic heterocycles. The van der Waals surface area contributed by atoms with E-state index in [2.05, 4.69) is 5.32 Å². The number of benzene rings is 1. The fraction of sp³-hybridized carbons (Fsp3) is 0.368. The Kier molecular flexibility index (Phi) is 5.31. The van der Waals surface area contributed by atoms with Gasteiger partial charge in [-0.3, -0.25) is 9.59 Å². The van der Waals surface area contributed by atoms with Crippen molar-refractivity contribution in [3.05, 3.63) is 64.8 Å². The zero-order valence-electron chi connectivity index (χ0n) is 15.1. The fourth-order valence-corrected chi connectivity index (χ4v) is 3.94. The Bertz CT molecular complexity index is 802. The van der Waals surface area contributed by atoms with Gasteiger partial charge < -0.3 is 19.7 Å². The maximum atomic E-state index is 13.0. The van der Waals surface area contributed by atoms with Gasteiger partial charge in [0.1, 0.15) is 12.3 Å². The molecule has 144 valence electrons. The van der Waals surface area contributed by atoms with Crippen molar-refractivity contribution in [2.24, 2.45) is 5.41 Å². The normalized spacial score (nSPS) is 24.3. The number of hydrogen-bond acceptors (Lipinski definition) is 6. The van der Waals surface area contributed by atoms with Crippen LogP contribution in [0.15, 0.2) is 47.1 Å². The van der Waals surface area contributed by atoms with Crippen LogP contribution in [0.4, 0.5) is 0 Å². The molecule has 1 amide bonds. The van der Waals surface area contributed by atoms with Crippen molar-refractivity contribution >= 4 is 11.9 Å². The van der Waals surface area contributed by atoms with E-state index in [1.54, 1.807) is 12.1 Å². The largest absolute Gasteiger partial charge is 0.600 e. The lowest BCUT2D eigenvalue weighted by molar-refractivity contribution is -1.05. The van der Waals surface area contributed by atoms with Crippen LogP contribution in [0, 0.1) is 17.5 Å². The molecule has 3 rings (SSSR count). The monoisotopic (exact) mass is 374 g/mol. The molecule has 0 spiro atoms.